The van der Waals surface area contributed by atoms with Crippen molar-refractivity contribution >= 4 is 0 Å². The molecule has 5 nitrogen and oxygen atoms in total. The van der Waals surface area contributed by atoms with Crippen molar-refractivity contribution in [3.63, 3.8) is 0 Å². The summed E-state index contributed by atoms with van der Waals surface area (Å²) in [5, 5.41) is 0. The molecule has 0 bridgehead atoms. The van der Waals surface area contributed by atoms with Crippen LogP contribution >= 0.6 is 0 Å². The molecular weight excluding hydrogens is 501 g/mol. The number of ether oxygens (including phenoxy) is 3. The lowest BCUT2D eigenvalue weighted by Gasteiger charge is -2.44. The van der Waals surface area contributed by atoms with Crippen LogP contribution in [0, 0.1) is 29.6 Å². The van der Waals surface area contributed by atoms with Gasteiger partial charge in [-0.05, 0) is 37.5 Å². The Hall–Kier alpha value is -0.690. The van der Waals surface area contributed by atoms with Crippen LogP contribution in [-0.4, -0.2) is 73.5 Å². The minimum atomic E-state index is -4.28. The maximum Gasteiger partial charge on any atom is 0.364 e. The average Bonchev–Trinajstić information content (AvgIpc) is 2.77. The highest BCUT2D eigenvalue weighted by molar-refractivity contribution is 4.95. The summed E-state index contributed by atoms with van der Waals surface area (Å²) in [5.74, 6) is -1.71. The molecule has 0 amide bonds. The van der Waals surface area contributed by atoms with Gasteiger partial charge < -0.3 is 25.2 Å². The third-order valence-electron chi connectivity index (χ3n) is 8.28. The van der Waals surface area contributed by atoms with Crippen molar-refractivity contribution in [2.24, 2.45) is 29.6 Å². The Kier molecular flexibility index (Phi) is 11.3. The van der Waals surface area contributed by atoms with E-state index >= 15 is 0 Å². The van der Waals surface area contributed by atoms with Crippen LogP contribution in [0.25, 0.3) is 0 Å². The second-order valence-corrected chi connectivity index (χ2v) is 10.9. The Bertz CT molecular complexity index is 643. The van der Waals surface area contributed by atoms with E-state index in [9.17, 15) is 30.7 Å². The number of halogens is 7. The molecule has 4 unspecified atom stereocenters. The minimum Gasteiger partial charge on any atom is -0.412 e. The fourth-order valence-electron chi connectivity index (χ4n) is 6.15. The van der Waals surface area contributed by atoms with E-state index in [0.29, 0.717) is 25.0 Å². The molecule has 12 heteroatoms. The maximum absolute atomic E-state index is 14.9. The van der Waals surface area contributed by atoms with Crippen LogP contribution < -0.4 is 0 Å². The molecule has 1 aliphatic heterocycles. The van der Waals surface area contributed by atoms with Crippen LogP contribution in [-0.2, 0) is 14.2 Å². The highest BCUT2D eigenvalue weighted by atomic mass is 19.3. The largest absolute Gasteiger partial charge is 0.412 e. The molecule has 0 aromatic heterocycles. The van der Waals surface area contributed by atoms with E-state index in [4.69, 9.17) is 9.47 Å². The quantitative estimate of drug-likeness (QED) is 0.464. The van der Waals surface area contributed by atoms with Gasteiger partial charge in [-0.15, -0.1) is 0 Å². The monoisotopic (exact) mass is 542 g/mol. The van der Waals surface area contributed by atoms with Crippen molar-refractivity contribution in [3.05, 3.63) is 0 Å². The predicted molar refractivity (Wildman–Crippen MR) is 119 cm³/mol. The number of hydrogen-bond donors (Lipinski definition) is 0. The van der Waals surface area contributed by atoms with Gasteiger partial charge in [0.05, 0.1) is 19.3 Å². The molecule has 36 heavy (non-hydrogen) atoms. The molecule has 0 aromatic rings. The van der Waals surface area contributed by atoms with E-state index in [1.165, 1.54) is 0 Å². The maximum atomic E-state index is 14.9. The SMILES string of the molecule is CC1CCC(C2COC(C3CC(F)C(C(F)(F)OC4CC(F)C(F)C(F)C4)C(F)C3)OC2)CC1.O.O.[HH]. The highest BCUT2D eigenvalue weighted by Gasteiger charge is 2.57. The molecule has 4 atom stereocenters. The summed E-state index contributed by atoms with van der Waals surface area (Å²) in [6.45, 7) is 3.07. The third-order valence-corrected chi connectivity index (χ3v) is 8.28. The summed E-state index contributed by atoms with van der Waals surface area (Å²) in [4.78, 5) is 0. The zero-order valence-electron chi connectivity index (χ0n) is 20.4. The lowest BCUT2D eigenvalue weighted by Crippen LogP contribution is -2.53. The fraction of sp³-hybridized carbons (Fsp3) is 1.00. The van der Waals surface area contributed by atoms with Gasteiger partial charge >= 0.3 is 6.11 Å². The van der Waals surface area contributed by atoms with Crippen molar-refractivity contribution in [3.8, 4) is 0 Å². The summed E-state index contributed by atoms with van der Waals surface area (Å²) in [5.41, 5.74) is 0. The molecule has 4 aliphatic rings. The zero-order chi connectivity index (χ0) is 24.6. The van der Waals surface area contributed by atoms with Crippen LogP contribution in [0.4, 0.5) is 30.7 Å². The van der Waals surface area contributed by atoms with Crippen molar-refractivity contribution in [1.29, 1.82) is 0 Å². The molecule has 4 N–H and O–H groups in total. The van der Waals surface area contributed by atoms with E-state index < -0.39 is 86.9 Å². The molecule has 3 aliphatic carbocycles. The van der Waals surface area contributed by atoms with Crippen molar-refractivity contribution in [1.82, 2.24) is 0 Å². The molecular formula is C24H41F7O5. The topological polar surface area (TPSA) is 90.7 Å². The average molecular weight is 543 g/mol. The van der Waals surface area contributed by atoms with Gasteiger partial charge in [-0.2, -0.15) is 8.78 Å². The van der Waals surface area contributed by atoms with Crippen molar-refractivity contribution in [2.75, 3.05) is 13.2 Å². The van der Waals surface area contributed by atoms with Crippen LogP contribution in [0.1, 0.15) is 59.7 Å². The fourth-order valence-corrected chi connectivity index (χ4v) is 6.15. The smallest absolute Gasteiger partial charge is 0.364 e. The van der Waals surface area contributed by atoms with Gasteiger partial charge in [0, 0.05) is 26.1 Å². The predicted octanol–water partition coefficient (Wildman–Crippen LogP) is 4.89. The molecule has 4 fully saturated rings. The van der Waals surface area contributed by atoms with Gasteiger partial charge in [0.15, 0.2) is 12.5 Å². The lowest BCUT2D eigenvalue weighted by atomic mass is 9.76. The molecule has 216 valence electrons. The molecule has 0 spiro atoms. The van der Waals surface area contributed by atoms with Crippen LogP contribution in [0.15, 0.2) is 0 Å². The van der Waals surface area contributed by atoms with Crippen molar-refractivity contribution < 1.29 is 57.3 Å². The molecule has 0 aromatic carbocycles. The van der Waals surface area contributed by atoms with Crippen LogP contribution in [0.5, 0.6) is 0 Å². The van der Waals surface area contributed by atoms with Gasteiger partial charge in [-0.1, -0.05) is 19.8 Å². The van der Waals surface area contributed by atoms with E-state index in [1.54, 1.807) is 0 Å². The first kappa shape index (κ1) is 31.5. The number of alkyl halides is 7. The van der Waals surface area contributed by atoms with Crippen molar-refractivity contribution in [2.45, 2.75) is 108 Å². The summed E-state index contributed by atoms with van der Waals surface area (Å²) < 4.78 is 116. The first-order valence-electron chi connectivity index (χ1n) is 12.5. The minimum absolute atomic E-state index is 0. The summed E-state index contributed by atoms with van der Waals surface area (Å²) in [6.07, 6.45) is -16.2. The van der Waals surface area contributed by atoms with E-state index in [0.717, 1.165) is 25.7 Å². The Balaban J connectivity index is 0.00000228. The van der Waals surface area contributed by atoms with E-state index in [1.807, 2.05) is 0 Å². The molecule has 0 radical (unpaired) electrons. The summed E-state index contributed by atoms with van der Waals surface area (Å²) >= 11 is 0. The molecule has 1 heterocycles. The Morgan fingerprint density at radius 2 is 1.19 bits per heavy atom. The Morgan fingerprint density at radius 1 is 0.694 bits per heavy atom. The molecule has 4 rings (SSSR count). The van der Waals surface area contributed by atoms with Gasteiger partial charge in [0.25, 0.3) is 0 Å². The van der Waals surface area contributed by atoms with Crippen LogP contribution in [0.3, 0.4) is 0 Å². The second-order valence-electron chi connectivity index (χ2n) is 10.9. The zero-order valence-corrected chi connectivity index (χ0v) is 20.4. The molecule has 1 saturated heterocycles. The first-order valence-corrected chi connectivity index (χ1v) is 12.5. The Morgan fingerprint density at radius 3 is 1.69 bits per heavy atom. The normalized spacial score (nSPS) is 46.3. The van der Waals surface area contributed by atoms with Gasteiger partial charge in [-0.25, -0.2) is 22.0 Å². The van der Waals surface area contributed by atoms with Gasteiger partial charge in [-0.3, -0.25) is 0 Å². The van der Waals surface area contributed by atoms with Crippen LogP contribution in [0.2, 0.25) is 0 Å². The van der Waals surface area contributed by atoms with Gasteiger partial charge in [0.2, 0.25) is 0 Å². The molecule has 3 saturated carbocycles. The van der Waals surface area contributed by atoms with E-state index in [2.05, 4.69) is 11.7 Å². The number of hydrogen-bond acceptors (Lipinski definition) is 3. The highest BCUT2D eigenvalue weighted by Crippen LogP contribution is 2.46. The van der Waals surface area contributed by atoms with E-state index in [-0.39, 0.29) is 18.3 Å². The van der Waals surface area contributed by atoms with Gasteiger partial charge in [0.1, 0.15) is 30.6 Å². The number of rotatable bonds is 5. The lowest BCUT2D eigenvalue weighted by molar-refractivity contribution is -0.327. The first-order chi connectivity index (χ1) is 16.0. The Labute approximate surface area is 208 Å². The second kappa shape index (κ2) is 12.9. The standard InChI is InChI=1S/C24H35F7O3.2H2O.H2/c1-12-2-4-13(5-3-12)15-10-32-23(33-11-15)14-6-17(25)21(18(26)7-14)24(30,31)34-16-8-19(27)22(29)20(28)9-16;;;/h12-23H,2-11H2,1H3;2*1H2;1H. The summed E-state index contributed by atoms with van der Waals surface area (Å²) in [6, 6.07) is 0. The summed E-state index contributed by atoms with van der Waals surface area (Å²) in [7, 11) is 0. The third kappa shape index (κ3) is 7.03.